The molecule has 1 aromatic heterocycles. The summed E-state index contributed by atoms with van der Waals surface area (Å²) in [7, 11) is 0. The Morgan fingerprint density at radius 1 is 1.24 bits per heavy atom. The molecule has 3 heterocycles. The van der Waals surface area contributed by atoms with Gasteiger partial charge < -0.3 is 9.64 Å². The average molecular weight is 233 g/mol. The van der Waals surface area contributed by atoms with Gasteiger partial charge in [0.15, 0.2) is 0 Å². The van der Waals surface area contributed by atoms with Gasteiger partial charge in [0.2, 0.25) is 5.95 Å². The molecule has 4 nitrogen and oxygen atoms in total. The second kappa shape index (κ2) is 4.61. The van der Waals surface area contributed by atoms with Crippen LogP contribution >= 0.6 is 0 Å². The third-order valence-corrected chi connectivity index (χ3v) is 3.71. The molecule has 17 heavy (non-hydrogen) atoms. The SMILES string of the molecule is CCc1cnc(N2CC3COCC(C3)C2)nc1. The molecular formula is C13H19N3O. The van der Waals surface area contributed by atoms with E-state index in [2.05, 4.69) is 21.8 Å². The van der Waals surface area contributed by atoms with Gasteiger partial charge in [-0.25, -0.2) is 9.97 Å². The van der Waals surface area contributed by atoms with Gasteiger partial charge in [0, 0.05) is 37.3 Å². The molecule has 3 rings (SSSR count). The molecule has 0 radical (unpaired) electrons. The number of aromatic nitrogens is 2. The summed E-state index contributed by atoms with van der Waals surface area (Å²) >= 11 is 0. The molecule has 2 aliphatic rings. The summed E-state index contributed by atoms with van der Waals surface area (Å²) in [6, 6.07) is 0. The largest absolute Gasteiger partial charge is 0.381 e. The summed E-state index contributed by atoms with van der Waals surface area (Å²) < 4.78 is 5.59. The zero-order valence-electron chi connectivity index (χ0n) is 10.3. The highest BCUT2D eigenvalue weighted by Gasteiger charge is 2.32. The Bertz CT molecular complexity index is 367. The number of rotatable bonds is 2. The molecule has 0 spiro atoms. The molecule has 0 aromatic carbocycles. The van der Waals surface area contributed by atoms with Gasteiger partial charge in [0.1, 0.15) is 0 Å². The van der Waals surface area contributed by atoms with Crippen LogP contribution in [-0.2, 0) is 11.2 Å². The van der Waals surface area contributed by atoms with E-state index < -0.39 is 0 Å². The van der Waals surface area contributed by atoms with Crippen LogP contribution < -0.4 is 4.90 Å². The van der Waals surface area contributed by atoms with Gasteiger partial charge in [-0.2, -0.15) is 0 Å². The number of aryl methyl sites for hydroxylation is 1. The fraction of sp³-hybridized carbons (Fsp3) is 0.692. The molecule has 0 saturated carbocycles. The van der Waals surface area contributed by atoms with Gasteiger partial charge >= 0.3 is 0 Å². The van der Waals surface area contributed by atoms with Crippen molar-refractivity contribution in [3.05, 3.63) is 18.0 Å². The summed E-state index contributed by atoms with van der Waals surface area (Å²) in [5.41, 5.74) is 1.20. The Hall–Kier alpha value is -1.16. The molecule has 2 atom stereocenters. The average Bonchev–Trinajstić information content (AvgIpc) is 2.38. The van der Waals surface area contributed by atoms with Crippen molar-refractivity contribution >= 4 is 5.95 Å². The maximum absolute atomic E-state index is 5.59. The number of nitrogens with zero attached hydrogens (tertiary/aromatic N) is 3. The standard InChI is InChI=1S/C13H19N3O/c1-2-10-4-14-13(15-5-10)16-6-11-3-12(7-16)9-17-8-11/h4-5,11-12H,2-3,6-9H2,1H3. The smallest absolute Gasteiger partial charge is 0.225 e. The Morgan fingerprint density at radius 2 is 1.88 bits per heavy atom. The minimum atomic E-state index is 0.664. The van der Waals surface area contributed by atoms with E-state index in [0.29, 0.717) is 11.8 Å². The first kappa shape index (κ1) is 11.0. The van der Waals surface area contributed by atoms with E-state index in [1.54, 1.807) is 0 Å². The van der Waals surface area contributed by atoms with E-state index in [1.165, 1.54) is 12.0 Å². The predicted octanol–water partition coefficient (Wildman–Crippen LogP) is 1.51. The lowest BCUT2D eigenvalue weighted by Gasteiger charge is -2.41. The normalized spacial score (nSPS) is 28.2. The van der Waals surface area contributed by atoms with Gasteiger partial charge in [-0.3, -0.25) is 0 Å². The van der Waals surface area contributed by atoms with Gasteiger partial charge in [0.05, 0.1) is 13.2 Å². The lowest BCUT2D eigenvalue weighted by molar-refractivity contribution is 0.00592. The molecule has 2 aliphatic heterocycles. The van der Waals surface area contributed by atoms with Crippen LogP contribution in [0.3, 0.4) is 0 Å². The molecular weight excluding hydrogens is 214 g/mol. The zero-order valence-corrected chi connectivity index (χ0v) is 10.3. The molecule has 92 valence electrons. The molecule has 2 unspecified atom stereocenters. The highest BCUT2D eigenvalue weighted by Crippen LogP contribution is 2.28. The van der Waals surface area contributed by atoms with Crippen LogP contribution in [0.2, 0.25) is 0 Å². The maximum atomic E-state index is 5.59. The van der Waals surface area contributed by atoms with Crippen molar-refractivity contribution in [2.24, 2.45) is 11.8 Å². The quantitative estimate of drug-likeness (QED) is 0.776. The second-order valence-corrected chi connectivity index (χ2v) is 5.16. The summed E-state index contributed by atoms with van der Waals surface area (Å²) in [5.74, 6) is 2.22. The minimum absolute atomic E-state index is 0.664. The van der Waals surface area contributed by atoms with Crippen molar-refractivity contribution in [3.8, 4) is 0 Å². The van der Waals surface area contributed by atoms with E-state index in [-0.39, 0.29) is 0 Å². The second-order valence-electron chi connectivity index (χ2n) is 5.16. The Balaban J connectivity index is 1.74. The van der Waals surface area contributed by atoms with Crippen LogP contribution in [0, 0.1) is 11.8 Å². The van der Waals surface area contributed by atoms with Crippen molar-refractivity contribution in [3.63, 3.8) is 0 Å². The van der Waals surface area contributed by atoms with E-state index >= 15 is 0 Å². The summed E-state index contributed by atoms with van der Waals surface area (Å²) in [5, 5.41) is 0. The van der Waals surface area contributed by atoms with E-state index in [1.807, 2.05) is 12.4 Å². The van der Waals surface area contributed by atoms with Crippen LogP contribution in [0.4, 0.5) is 5.95 Å². The number of hydrogen-bond acceptors (Lipinski definition) is 4. The third-order valence-electron chi connectivity index (χ3n) is 3.71. The van der Waals surface area contributed by atoms with Crippen LogP contribution in [-0.4, -0.2) is 36.3 Å². The molecule has 4 heteroatoms. The van der Waals surface area contributed by atoms with Crippen molar-refractivity contribution < 1.29 is 4.74 Å². The van der Waals surface area contributed by atoms with Crippen molar-refractivity contribution in [1.82, 2.24) is 9.97 Å². The first-order chi connectivity index (χ1) is 8.35. The van der Waals surface area contributed by atoms with Crippen LogP contribution in [0.15, 0.2) is 12.4 Å². The molecule has 0 aliphatic carbocycles. The number of piperidine rings is 1. The summed E-state index contributed by atoms with van der Waals surface area (Å²) in [4.78, 5) is 11.3. The van der Waals surface area contributed by atoms with Crippen molar-refractivity contribution in [1.29, 1.82) is 0 Å². The number of ether oxygens (including phenoxy) is 1. The first-order valence-corrected chi connectivity index (χ1v) is 6.48. The number of fused-ring (bicyclic) bond motifs is 2. The van der Waals surface area contributed by atoms with Gasteiger partial charge in [-0.15, -0.1) is 0 Å². The number of anilines is 1. The van der Waals surface area contributed by atoms with Crippen LogP contribution in [0.1, 0.15) is 18.9 Å². The summed E-state index contributed by atoms with van der Waals surface area (Å²) in [6.45, 7) is 6.02. The van der Waals surface area contributed by atoms with E-state index in [9.17, 15) is 0 Å². The fourth-order valence-electron chi connectivity index (χ4n) is 2.82. The molecule has 0 N–H and O–H groups in total. The maximum Gasteiger partial charge on any atom is 0.225 e. The van der Waals surface area contributed by atoms with Crippen molar-refractivity contribution in [2.75, 3.05) is 31.2 Å². The Labute approximate surface area is 102 Å². The van der Waals surface area contributed by atoms with Gasteiger partial charge in [-0.1, -0.05) is 6.92 Å². The molecule has 2 bridgehead atoms. The predicted molar refractivity (Wildman–Crippen MR) is 66.0 cm³/mol. The minimum Gasteiger partial charge on any atom is -0.381 e. The lowest BCUT2D eigenvalue weighted by atomic mass is 9.88. The first-order valence-electron chi connectivity index (χ1n) is 6.48. The highest BCUT2D eigenvalue weighted by molar-refractivity contribution is 5.31. The molecule has 0 amide bonds. The summed E-state index contributed by atoms with van der Waals surface area (Å²) in [6.07, 6.45) is 6.20. The van der Waals surface area contributed by atoms with Crippen LogP contribution in [0.25, 0.3) is 0 Å². The monoisotopic (exact) mass is 233 g/mol. The van der Waals surface area contributed by atoms with Gasteiger partial charge in [0.25, 0.3) is 0 Å². The van der Waals surface area contributed by atoms with Crippen molar-refractivity contribution in [2.45, 2.75) is 19.8 Å². The topological polar surface area (TPSA) is 38.2 Å². The molecule has 1 aromatic rings. The number of hydrogen-bond donors (Lipinski definition) is 0. The van der Waals surface area contributed by atoms with Gasteiger partial charge in [-0.05, 0) is 18.4 Å². The van der Waals surface area contributed by atoms with Crippen LogP contribution in [0.5, 0.6) is 0 Å². The van der Waals surface area contributed by atoms with E-state index in [0.717, 1.165) is 38.7 Å². The molecule has 2 saturated heterocycles. The Kier molecular flexibility index (Phi) is 2.97. The lowest BCUT2D eigenvalue weighted by Crippen LogP contribution is -2.47. The third kappa shape index (κ3) is 2.27. The fourth-order valence-corrected chi connectivity index (χ4v) is 2.82. The Morgan fingerprint density at radius 3 is 2.47 bits per heavy atom. The zero-order chi connectivity index (χ0) is 11.7. The highest BCUT2D eigenvalue weighted by atomic mass is 16.5. The molecule has 2 fully saturated rings. The van der Waals surface area contributed by atoms with E-state index in [4.69, 9.17) is 4.74 Å².